The van der Waals surface area contributed by atoms with Gasteiger partial charge in [0, 0.05) is 19.1 Å². The van der Waals surface area contributed by atoms with Gasteiger partial charge in [0.2, 0.25) is 0 Å². The normalized spacial score (nSPS) is 10.0. The smallest absolute Gasteiger partial charge is 0.308 e. The highest BCUT2D eigenvalue weighted by Crippen LogP contribution is 2.28. The monoisotopic (exact) mass is 334 g/mol. The van der Waals surface area contributed by atoms with E-state index in [1.54, 1.807) is 12.1 Å². The van der Waals surface area contributed by atoms with Crippen molar-refractivity contribution in [1.82, 2.24) is 0 Å². The molecule has 0 aliphatic rings. The number of halogens is 1. The highest BCUT2D eigenvalue weighted by Gasteiger charge is 2.17. The molecule has 2 aromatic rings. The Bertz CT molecular complexity index is 791. The number of non-ortho nitro benzene ring substituents is 1. The number of ether oxygens (including phenoxy) is 1. The number of carbonyl (C=O) groups is 2. The number of benzene rings is 2. The van der Waals surface area contributed by atoms with E-state index >= 15 is 0 Å². The fourth-order valence-corrected chi connectivity index (χ4v) is 1.98. The van der Waals surface area contributed by atoms with Crippen LogP contribution in [-0.4, -0.2) is 16.8 Å². The largest absolute Gasteiger partial charge is 0.426 e. The minimum Gasteiger partial charge on any atom is -0.426 e. The van der Waals surface area contributed by atoms with Crippen LogP contribution in [0.1, 0.15) is 17.3 Å². The number of rotatable bonds is 4. The van der Waals surface area contributed by atoms with Gasteiger partial charge in [-0.15, -0.1) is 0 Å². The molecule has 0 aromatic heterocycles. The third-order valence-corrected chi connectivity index (χ3v) is 3.12. The van der Waals surface area contributed by atoms with E-state index in [1.165, 1.54) is 31.2 Å². The van der Waals surface area contributed by atoms with Crippen LogP contribution in [0, 0.1) is 10.1 Å². The van der Waals surface area contributed by atoms with Crippen molar-refractivity contribution >= 4 is 34.9 Å². The van der Waals surface area contributed by atoms with Crippen LogP contribution < -0.4 is 10.1 Å². The van der Waals surface area contributed by atoms with Crippen LogP contribution >= 0.6 is 11.6 Å². The van der Waals surface area contributed by atoms with Crippen LogP contribution in [0.3, 0.4) is 0 Å². The van der Waals surface area contributed by atoms with Gasteiger partial charge in [0.05, 0.1) is 21.2 Å². The van der Waals surface area contributed by atoms with E-state index in [2.05, 4.69) is 5.32 Å². The Morgan fingerprint density at radius 2 is 1.91 bits per heavy atom. The Balaban J connectivity index is 2.31. The molecule has 0 aliphatic heterocycles. The molecule has 0 radical (unpaired) electrons. The van der Waals surface area contributed by atoms with Gasteiger partial charge in [0.1, 0.15) is 5.75 Å². The average Bonchev–Trinajstić information content (AvgIpc) is 2.49. The van der Waals surface area contributed by atoms with Gasteiger partial charge in [0.15, 0.2) is 0 Å². The summed E-state index contributed by atoms with van der Waals surface area (Å²) in [5.74, 6) is -1.10. The Morgan fingerprint density at radius 3 is 2.57 bits per heavy atom. The molecule has 1 N–H and O–H groups in total. The van der Waals surface area contributed by atoms with Crippen LogP contribution in [0.5, 0.6) is 5.75 Å². The van der Waals surface area contributed by atoms with Gasteiger partial charge in [-0.25, -0.2) is 0 Å². The van der Waals surface area contributed by atoms with E-state index in [0.29, 0.717) is 0 Å². The third kappa shape index (κ3) is 4.04. The summed E-state index contributed by atoms with van der Waals surface area (Å²) < 4.78 is 4.96. The predicted molar refractivity (Wildman–Crippen MR) is 83.8 cm³/mol. The van der Waals surface area contributed by atoms with Crippen molar-refractivity contribution in [3.8, 4) is 5.75 Å². The molecule has 8 heteroatoms. The first-order valence-corrected chi connectivity index (χ1v) is 6.79. The first-order valence-electron chi connectivity index (χ1n) is 6.41. The van der Waals surface area contributed by atoms with Crippen molar-refractivity contribution in [3.05, 3.63) is 63.2 Å². The molecule has 0 saturated carbocycles. The maximum absolute atomic E-state index is 12.3. The fraction of sp³-hybridized carbons (Fsp3) is 0.0667. The van der Waals surface area contributed by atoms with Gasteiger partial charge in [-0.1, -0.05) is 23.7 Å². The number of anilines is 1. The van der Waals surface area contributed by atoms with Crippen LogP contribution in [0.2, 0.25) is 5.02 Å². The third-order valence-electron chi connectivity index (χ3n) is 2.79. The first-order chi connectivity index (χ1) is 10.9. The molecular formula is C15H11ClN2O5. The lowest BCUT2D eigenvalue weighted by atomic mass is 10.1. The minimum absolute atomic E-state index is 0.0825. The van der Waals surface area contributed by atoms with Crippen molar-refractivity contribution in [2.75, 3.05) is 5.32 Å². The highest BCUT2D eigenvalue weighted by molar-refractivity contribution is 6.34. The lowest BCUT2D eigenvalue weighted by molar-refractivity contribution is -0.384. The van der Waals surface area contributed by atoms with E-state index in [1.807, 2.05) is 0 Å². The van der Waals surface area contributed by atoms with E-state index in [4.69, 9.17) is 16.3 Å². The van der Waals surface area contributed by atoms with Gasteiger partial charge in [-0.05, 0) is 18.2 Å². The van der Waals surface area contributed by atoms with Gasteiger partial charge in [0.25, 0.3) is 11.6 Å². The van der Waals surface area contributed by atoms with Gasteiger partial charge >= 0.3 is 5.97 Å². The van der Waals surface area contributed by atoms with E-state index in [-0.39, 0.29) is 27.7 Å². The van der Waals surface area contributed by atoms with E-state index < -0.39 is 16.8 Å². The molecule has 2 rings (SSSR count). The van der Waals surface area contributed by atoms with Gasteiger partial charge < -0.3 is 10.1 Å². The van der Waals surface area contributed by atoms with Crippen molar-refractivity contribution in [2.45, 2.75) is 6.92 Å². The Labute approximate surface area is 136 Å². The summed E-state index contributed by atoms with van der Waals surface area (Å²) >= 11 is 5.93. The maximum Gasteiger partial charge on any atom is 0.308 e. The number of nitrogens with one attached hydrogen (secondary N) is 1. The van der Waals surface area contributed by atoms with Gasteiger partial charge in [-0.2, -0.15) is 0 Å². The minimum atomic E-state index is -0.607. The Kier molecular flexibility index (Phi) is 4.92. The van der Waals surface area contributed by atoms with E-state index in [0.717, 1.165) is 6.07 Å². The molecule has 0 atom stereocenters. The number of nitro groups is 1. The van der Waals surface area contributed by atoms with Crippen LogP contribution in [0.25, 0.3) is 0 Å². The highest BCUT2D eigenvalue weighted by atomic mass is 35.5. The molecule has 7 nitrogen and oxygen atoms in total. The van der Waals surface area contributed by atoms with Crippen molar-refractivity contribution in [2.24, 2.45) is 0 Å². The molecule has 0 heterocycles. The maximum atomic E-state index is 12.3. The molecule has 0 unspecified atom stereocenters. The Morgan fingerprint density at radius 1 is 1.22 bits per heavy atom. The molecule has 0 fully saturated rings. The van der Waals surface area contributed by atoms with Crippen molar-refractivity contribution < 1.29 is 19.2 Å². The number of nitro benzene ring substituents is 1. The molecule has 23 heavy (non-hydrogen) atoms. The number of amides is 1. The molecule has 0 bridgehead atoms. The second-order valence-electron chi connectivity index (χ2n) is 4.47. The summed E-state index contributed by atoms with van der Waals surface area (Å²) in [5.41, 5.74) is -0.0215. The summed E-state index contributed by atoms with van der Waals surface area (Å²) in [6.07, 6.45) is 0. The quantitative estimate of drug-likeness (QED) is 0.400. The molecule has 2 aromatic carbocycles. The zero-order chi connectivity index (χ0) is 17.0. The van der Waals surface area contributed by atoms with E-state index in [9.17, 15) is 19.7 Å². The lowest BCUT2D eigenvalue weighted by Crippen LogP contribution is -2.15. The number of nitrogens with zero attached hydrogens (tertiary/aromatic N) is 1. The first kappa shape index (κ1) is 16.4. The van der Waals surface area contributed by atoms with Crippen LogP contribution in [0.4, 0.5) is 11.4 Å². The number of carbonyl (C=O) groups excluding carboxylic acids is 2. The number of hydrogen-bond acceptors (Lipinski definition) is 5. The zero-order valence-corrected chi connectivity index (χ0v) is 12.7. The Hall–Kier alpha value is -2.93. The summed E-state index contributed by atoms with van der Waals surface area (Å²) in [6.45, 7) is 1.21. The SMILES string of the molecule is CC(=O)Oc1ccccc1C(=O)Nc1cc([N+](=O)[O-])ccc1Cl. The standard InChI is InChI=1S/C15H11ClN2O5/c1-9(19)23-14-5-3-2-4-11(14)15(20)17-13-8-10(18(21)22)6-7-12(13)16/h2-8H,1H3,(H,17,20). The molecule has 0 spiro atoms. The fourth-order valence-electron chi connectivity index (χ4n) is 1.81. The van der Waals surface area contributed by atoms with Crippen molar-refractivity contribution in [1.29, 1.82) is 0 Å². The predicted octanol–water partition coefficient (Wildman–Crippen LogP) is 3.43. The number of hydrogen-bond donors (Lipinski definition) is 1. The summed E-state index contributed by atoms with van der Waals surface area (Å²) in [5, 5.41) is 13.4. The second kappa shape index (κ2) is 6.89. The summed E-state index contributed by atoms with van der Waals surface area (Å²) in [4.78, 5) is 33.6. The van der Waals surface area contributed by atoms with Crippen LogP contribution in [0.15, 0.2) is 42.5 Å². The molecule has 0 aliphatic carbocycles. The molecule has 118 valence electrons. The average molecular weight is 335 g/mol. The number of para-hydroxylation sites is 1. The molecule has 1 amide bonds. The lowest BCUT2D eigenvalue weighted by Gasteiger charge is -2.10. The zero-order valence-electron chi connectivity index (χ0n) is 11.9. The molecule has 0 saturated heterocycles. The van der Waals surface area contributed by atoms with Crippen molar-refractivity contribution in [3.63, 3.8) is 0 Å². The summed E-state index contributed by atoms with van der Waals surface area (Å²) in [6, 6.07) is 9.81. The second-order valence-corrected chi connectivity index (χ2v) is 4.87. The topological polar surface area (TPSA) is 98.5 Å². The molecular weight excluding hydrogens is 324 g/mol. The van der Waals surface area contributed by atoms with Crippen LogP contribution in [-0.2, 0) is 4.79 Å². The summed E-state index contributed by atoms with van der Waals surface area (Å²) in [7, 11) is 0. The van der Waals surface area contributed by atoms with Gasteiger partial charge in [-0.3, -0.25) is 19.7 Å². The number of esters is 1.